The largest absolute Gasteiger partial charge is 0.374 e. The van der Waals surface area contributed by atoms with Gasteiger partial charge >= 0.3 is 0 Å². The van der Waals surface area contributed by atoms with Crippen molar-refractivity contribution in [3.8, 4) is 0 Å². The minimum Gasteiger partial charge on any atom is -0.374 e. The summed E-state index contributed by atoms with van der Waals surface area (Å²) < 4.78 is 5.63. The zero-order valence-electron chi connectivity index (χ0n) is 14.0. The zero-order valence-corrected chi connectivity index (χ0v) is 14.0. The SMILES string of the molecule is CC.CC.CCCCCC(C)(OC)c1cccnc1. The Labute approximate surface area is 120 Å². The van der Waals surface area contributed by atoms with Crippen LogP contribution in [-0.2, 0) is 10.3 Å². The van der Waals surface area contributed by atoms with E-state index in [-0.39, 0.29) is 5.60 Å². The molecule has 19 heavy (non-hydrogen) atoms. The first-order valence-corrected chi connectivity index (χ1v) is 7.68. The molecule has 1 unspecified atom stereocenters. The van der Waals surface area contributed by atoms with Crippen LogP contribution in [0.25, 0.3) is 0 Å². The molecule has 112 valence electrons. The van der Waals surface area contributed by atoms with Gasteiger partial charge in [-0.25, -0.2) is 0 Å². The molecule has 1 rings (SSSR count). The molecule has 2 nitrogen and oxygen atoms in total. The molecule has 0 bridgehead atoms. The first kappa shape index (κ1) is 20.4. The number of nitrogens with zero attached hydrogens (tertiary/aromatic N) is 1. The minimum absolute atomic E-state index is 0.177. The van der Waals surface area contributed by atoms with Crippen molar-refractivity contribution in [3.63, 3.8) is 0 Å². The van der Waals surface area contributed by atoms with Crippen molar-refractivity contribution in [2.75, 3.05) is 7.11 Å². The van der Waals surface area contributed by atoms with Crippen LogP contribution in [-0.4, -0.2) is 12.1 Å². The lowest BCUT2D eigenvalue weighted by molar-refractivity contribution is -0.00779. The molecule has 1 aromatic heterocycles. The maximum absolute atomic E-state index is 5.63. The molecule has 0 N–H and O–H groups in total. The Morgan fingerprint density at radius 2 is 1.79 bits per heavy atom. The number of methoxy groups -OCH3 is 1. The Morgan fingerprint density at radius 3 is 2.21 bits per heavy atom. The van der Waals surface area contributed by atoms with Crippen molar-refractivity contribution in [1.29, 1.82) is 0 Å². The average Bonchev–Trinajstić information content (AvgIpc) is 2.52. The smallest absolute Gasteiger partial charge is 0.0914 e. The van der Waals surface area contributed by atoms with Crippen molar-refractivity contribution >= 4 is 0 Å². The summed E-state index contributed by atoms with van der Waals surface area (Å²) >= 11 is 0. The van der Waals surface area contributed by atoms with Crippen molar-refractivity contribution in [1.82, 2.24) is 4.98 Å². The van der Waals surface area contributed by atoms with Crippen LogP contribution < -0.4 is 0 Å². The standard InChI is InChI=1S/C13H21NO.2C2H6/c1-4-5-6-9-13(2,15-3)12-8-7-10-14-11-12;2*1-2/h7-8,10-11H,4-6,9H2,1-3H3;2*1-2H3. The van der Waals surface area contributed by atoms with Crippen molar-refractivity contribution < 1.29 is 4.74 Å². The lowest BCUT2D eigenvalue weighted by atomic mass is 9.91. The molecule has 2 heteroatoms. The monoisotopic (exact) mass is 267 g/mol. The molecular weight excluding hydrogens is 234 g/mol. The van der Waals surface area contributed by atoms with Crippen molar-refractivity contribution in [2.45, 2.75) is 72.8 Å². The minimum atomic E-state index is -0.177. The molecule has 1 heterocycles. The average molecular weight is 267 g/mol. The first-order valence-electron chi connectivity index (χ1n) is 7.68. The number of hydrogen-bond donors (Lipinski definition) is 0. The van der Waals surface area contributed by atoms with Gasteiger partial charge in [0.15, 0.2) is 0 Å². The maximum atomic E-state index is 5.63. The molecule has 0 spiro atoms. The molecule has 0 saturated heterocycles. The van der Waals surface area contributed by atoms with E-state index < -0.39 is 0 Å². The third-order valence-corrected chi connectivity index (χ3v) is 2.98. The highest BCUT2D eigenvalue weighted by atomic mass is 16.5. The number of hydrogen-bond acceptors (Lipinski definition) is 2. The zero-order chi connectivity index (χ0) is 15.1. The molecule has 0 aliphatic rings. The Kier molecular flexibility index (Phi) is 14.6. The number of aromatic nitrogens is 1. The van der Waals surface area contributed by atoms with Gasteiger partial charge in [0, 0.05) is 25.1 Å². The van der Waals surface area contributed by atoms with Crippen LogP contribution in [0.3, 0.4) is 0 Å². The Bertz CT molecular complexity index is 274. The summed E-state index contributed by atoms with van der Waals surface area (Å²) in [4.78, 5) is 4.15. The van der Waals surface area contributed by atoms with Crippen LogP contribution >= 0.6 is 0 Å². The molecule has 0 saturated carbocycles. The van der Waals surface area contributed by atoms with E-state index >= 15 is 0 Å². The molecule has 1 aromatic rings. The molecular formula is C17H33NO. The van der Waals surface area contributed by atoms with Gasteiger partial charge in [0.1, 0.15) is 0 Å². The number of ether oxygens (including phenoxy) is 1. The van der Waals surface area contributed by atoms with E-state index in [1.807, 2.05) is 40.0 Å². The second-order valence-corrected chi connectivity index (χ2v) is 4.13. The van der Waals surface area contributed by atoms with Crippen molar-refractivity contribution in [3.05, 3.63) is 30.1 Å². The Balaban J connectivity index is 0. The summed E-state index contributed by atoms with van der Waals surface area (Å²) in [7, 11) is 1.78. The fraction of sp³-hybridized carbons (Fsp3) is 0.706. The lowest BCUT2D eigenvalue weighted by Gasteiger charge is -2.28. The molecule has 0 fully saturated rings. The van der Waals surface area contributed by atoms with E-state index in [9.17, 15) is 0 Å². The Hall–Kier alpha value is -0.890. The predicted octanol–water partition coefficient (Wildman–Crippen LogP) is 5.58. The summed E-state index contributed by atoms with van der Waals surface area (Å²) in [5, 5.41) is 0. The number of rotatable bonds is 6. The summed E-state index contributed by atoms with van der Waals surface area (Å²) in [5.41, 5.74) is 0.993. The van der Waals surface area contributed by atoms with E-state index in [1.165, 1.54) is 24.8 Å². The molecule has 0 aromatic carbocycles. The summed E-state index contributed by atoms with van der Waals surface area (Å²) in [6.45, 7) is 12.4. The number of unbranched alkanes of at least 4 members (excludes halogenated alkanes) is 2. The maximum Gasteiger partial charge on any atom is 0.0914 e. The highest BCUT2D eigenvalue weighted by molar-refractivity contribution is 5.17. The third-order valence-electron chi connectivity index (χ3n) is 2.98. The third kappa shape index (κ3) is 7.99. The number of pyridine rings is 1. The molecule has 1 atom stereocenters. The summed E-state index contributed by atoms with van der Waals surface area (Å²) in [6, 6.07) is 4.05. The summed E-state index contributed by atoms with van der Waals surface area (Å²) in [5.74, 6) is 0. The van der Waals surface area contributed by atoms with Crippen LogP contribution in [0.2, 0.25) is 0 Å². The normalized spacial score (nSPS) is 12.4. The van der Waals surface area contributed by atoms with E-state index in [2.05, 4.69) is 24.9 Å². The predicted molar refractivity (Wildman–Crippen MR) is 85.4 cm³/mol. The quantitative estimate of drug-likeness (QED) is 0.628. The molecule has 0 radical (unpaired) electrons. The van der Waals surface area contributed by atoms with Gasteiger partial charge in [-0.3, -0.25) is 4.98 Å². The van der Waals surface area contributed by atoms with Crippen LogP contribution in [0.1, 0.15) is 72.8 Å². The van der Waals surface area contributed by atoms with E-state index in [0.29, 0.717) is 0 Å². The lowest BCUT2D eigenvalue weighted by Crippen LogP contribution is -2.24. The van der Waals surface area contributed by atoms with Crippen molar-refractivity contribution in [2.24, 2.45) is 0 Å². The molecule has 0 amide bonds. The van der Waals surface area contributed by atoms with E-state index in [1.54, 1.807) is 13.3 Å². The topological polar surface area (TPSA) is 22.1 Å². The van der Waals surface area contributed by atoms with Gasteiger partial charge in [0.05, 0.1) is 5.60 Å². The van der Waals surface area contributed by atoms with Crippen LogP contribution in [0.15, 0.2) is 24.5 Å². The van der Waals surface area contributed by atoms with E-state index in [4.69, 9.17) is 4.74 Å². The highest BCUT2D eigenvalue weighted by Gasteiger charge is 2.25. The van der Waals surface area contributed by atoms with Gasteiger partial charge in [-0.1, -0.05) is 59.9 Å². The Morgan fingerprint density at radius 1 is 1.16 bits per heavy atom. The van der Waals surface area contributed by atoms with E-state index in [0.717, 1.165) is 6.42 Å². The van der Waals surface area contributed by atoms with Gasteiger partial charge in [0.25, 0.3) is 0 Å². The first-order chi connectivity index (χ1) is 9.23. The van der Waals surface area contributed by atoms with Crippen LogP contribution in [0.4, 0.5) is 0 Å². The fourth-order valence-electron chi connectivity index (χ4n) is 1.75. The highest BCUT2D eigenvalue weighted by Crippen LogP contribution is 2.29. The van der Waals surface area contributed by atoms with Crippen LogP contribution in [0.5, 0.6) is 0 Å². The van der Waals surface area contributed by atoms with Gasteiger partial charge < -0.3 is 4.74 Å². The van der Waals surface area contributed by atoms with Gasteiger partial charge in [-0.05, 0) is 19.4 Å². The molecule has 0 aliphatic carbocycles. The second kappa shape index (κ2) is 13.5. The fourth-order valence-corrected chi connectivity index (χ4v) is 1.75. The van der Waals surface area contributed by atoms with Crippen LogP contribution in [0, 0.1) is 0 Å². The second-order valence-electron chi connectivity index (χ2n) is 4.13. The van der Waals surface area contributed by atoms with Gasteiger partial charge in [0.2, 0.25) is 0 Å². The van der Waals surface area contributed by atoms with Gasteiger partial charge in [-0.2, -0.15) is 0 Å². The molecule has 0 aliphatic heterocycles. The van der Waals surface area contributed by atoms with Gasteiger partial charge in [-0.15, -0.1) is 0 Å². The summed E-state index contributed by atoms with van der Waals surface area (Å²) in [6.07, 6.45) is 8.46.